The standard InChI is InChI=1S/C60H41N/c1-3-14-42(15-4-1)44-32-34-52(35-33-44)61(53-22-13-21-50(39-53)59-40-51-20-9-10-23-55(51)57-24-11-12-25-58(57)59)54-36-37-56(60(41-54)46-17-5-2-6-18-46)47-29-26-45(27-30-47)49-31-28-43-16-7-8-19-48(43)38-49/h1-41H. The summed E-state index contributed by atoms with van der Waals surface area (Å²) >= 11 is 0. The zero-order chi connectivity index (χ0) is 40.5. The van der Waals surface area contributed by atoms with Gasteiger partial charge in [-0.05, 0) is 136 Å². The summed E-state index contributed by atoms with van der Waals surface area (Å²) in [6, 6.07) is 90.5. The van der Waals surface area contributed by atoms with E-state index in [0.717, 1.165) is 17.1 Å². The van der Waals surface area contributed by atoms with E-state index in [4.69, 9.17) is 0 Å². The minimum atomic E-state index is 1.09. The molecule has 11 aromatic carbocycles. The van der Waals surface area contributed by atoms with Crippen LogP contribution in [0.4, 0.5) is 17.1 Å². The van der Waals surface area contributed by atoms with Crippen molar-refractivity contribution < 1.29 is 0 Å². The maximum Gasteiger partial charge on any atom is 0.0468 e. The molecule has 0 aromatic heterocycles. The van der Waals surface area contributed by atoms with Crippen molar-refractivity contribution in [2.24, 2.45) is 0 Å². The van der Waals surface area contributed by atoms with Crippen molar-refractivity contribution in [1.82, 2.24) is 0 Å². The van der Waals surface area contributed by atoms with Crippen LogP contribution >= 0.6 is 0 Å². The maximum atomic E-state index is 2.40. The highest BCUT2D eigenvalue weighted by molar-refractivity contribution is 6.14. The largest absolute Gasteiger partial charge is 0.310 e. The number of hydrogen-bond donors (Lipinski definition) is 0. The molecule has 11 rings (SSSR count). The summed E-state index contributed by atoms with van der Waals surface area (Å²) in [5.41, 5.74) is 15.2. The zero-order valence-corrected chi connectivity index (χ0v) is 33.6. The van der Waals surface area contributed by atoms with Crippen molar-refractivity contribution in [3.63, 3.8) is 0 Å². The summed E-state index contributed by atoms with van der Waals surface area (Å²) in [5, 5.41) is 7.53. The monoisotopic (exact) mass is 775 g/mol. The molecule has 0 fully saturated rings. The van der Waals surface area contributed by atoms with E-state index in [1.807, 2.05) is 0 Å². The van der Waals surface area contributed by atoms with Crippen molar-refractivity contribution >= 4 is 49.4 Å². The van der Waals surface area contributed by atoms with Gasteiger partial charge in [-0.25, -0.2) is 0 Å². The third kappa shape index (κ3) is 6.93. The van der Waals surface area contributed by atoms with Gasteiger partial charge in [-0.1, -0.05) is 200 Å². The Morgan fingerprint density at radius 3 is 1.48 bits per heavy atom. The molecule has 0 aliphatic carbocycles. The van der Waals surface area contributed by atoms with Crippen molar-refractivity contribution in [2.75, 3.05) is 4.90 Å². The molecule has 0 unspecified atom stereocenters. The van der Waals surface area contributed by atoms with Crippen molar-refractivity contribution in [3.8, 4) is 55.6 Å². The molecule has 0 bridgehead atoms. The molecule has 0 spiro atoms. The van der Waals surface area contributed by atoms with E-state index >= 15 is 0 Å². The van der Waals surface area contributed by atoms with Gasteiger partial charge in [-0.3, -0.25) is 0 Å². The highest BCUT2D eigenvalue weighted by atomic mass is 15.1. The lowest BCUT2D eigenvalue weighted by Gasteiger charge is -2.27. The Hall–Kier alpha value is -8.00. The van der Waals surface area contributed by atoms with Crippen LogP contribution in [0.2, 0.25) is 0 Å². The summed E-state index contributed by atoms with van der Waals surface area (Å²) in [5.74, 6) is 0. The van der Waals surface area contributed by atoms with Crippen LogP contribution in [0, 0.1) is 0 Å². The van der Waals surface area contributed by atoms with Gasteiger partial charge >= 0.3 is 0 Å². The van der Waals surface area contributed by atoms with Crippen LogP contribution in [0.15, 0.2) is 249 Å². The third-order valence-electron chi connectivity index (χ3n) is 12.0. The predicted octanol–water partition coefficient (Wildman–Crippen LogP) is 17.0. The average molecular weight is 776 g/mol. The molecule has 0 N–H and O–H groups in total. The van der Waals surface area contributed by atoms with Gasteiger partial charge in [0.05, 0.1) is 0 Å². The molecule has 1 heteroatoms. The van der Waals surface area contributed by atoms with Crippen molar-refractivity contribution in [2.45, 2.75) is 0 Å². The number of anilines is 3. The lowest BCUT2D eigenvalue weighted by molar-refractivity contribution is 1.28. The van der Waals surface area contributed by atoms with E-state index < -0.39 is 0 Å². The predicted molar refractivity (Wildman–Crippen MR) is 261 cm³/mol. The second kappa shape index (κ2) is 15.6. The Kier molecular flexibility index (Phi) is 9.26. The molecule has 0 aliphatic heterocycles. The second-order valence-corrected chi connectivity index (χ2v) is 15.7. The molecule has 286 valence electrons. The summed E-state index contributed by atoms with van der Waals surface area (Å²) < 4.78 is 0. The van der Waals surface area contributed by atoms with Gasteiger partial charge in [0.15, 0.2) is 0 Å². The van der Waals surface area contributed by atoms with Gasteiger partial charge in [0.2, 0.25) is 0 Å². The van der Waals surface area contributed by atoms with Crippen molar-refractivity contribution in [3.05, 3.63) is 249 Å². The van der Waals surface area contributed by atoms with Crippen molar-refractivity contribution in [1.29, 1.82) is 0 Å². The molecule has 11 aromatic rings. The zero-order valence-electron chi connectivity index (χ0n) is 33.6. The first-order valence-electron chi connectivity index (χ1n) is 21.0. The van der Waals surface area contributed by atoms with Gasteiger partial charge in [0.25, 0.3) is 0 Å². The molecule has 0 atom stereocenters. The molecule has 0 saturated carbocycles. The number of nitrogens with zero attached hydrogens (tertiary/aromatic N) is 1. The van der Waals surface area contributed by atoms with E-state index in [-0.39, 0.29) is 0 Å². The fourth-order valence-corrected chi connectivity index (χ4v) is 8.98. The van der Waals surface area contributed by atoms with Gasteiger partial charge in [0, 0.05) is 17.1 Å². The molecule has 0 heterocycles. The summed E-state index contributed by atoms with van der Waals surface area (Å²) in [4.78, 5) is 2.40. The Labute approximate surface area is 357 Å². The van der Waals surface area contributed by atoms with Gasteiger partial charge in [-0.2, -0.15) is 0 Å². The molecule has 61 heavy (non-hydrogen) atoms. The van der Waals surface area contributed by atoms with Crippen LogP contribution in [0.3, 0.4) is 0 Å². The van der Waals surface area contributed by atoms with E-state index in [0.29, 0.717) is 0 Å². The molecule has 0 saturated heterocycles. The van der Waals surface area contributed by atoms with E-state index in [1.54, 1.807) is 0 Å². The average Bonchev–Trinajstić information content (AvgIpc) is 3.34. The Morgan fingerprint density at radius 2 is 0.705 bits per heavy atom. The van der Waals surface area contributed by atoms with Crippen LogP contribution in [-0.4, -0.2) is 0 Å². The molecular weight excluding hydrogens is 735 g/mol. The fourth-order valence-electron chi connectivity index (χ4n) is 8.98. The van der Waals surface area contributed by atoms with Crippen LogP contribution in [0.1, 0.15) is 0 Å². The molecule has 0 aliphatic rings. The van der Waals surface area contributed by atoms with Gasteiger partial charge in [-0.15, -0.1) is 0 Å². The third-order valence-corrected chi connectivity index (χ3v) is 12.0. The number of rotatable bonds is 8. The lowest BCUT2D eigenvalue weighted by atomic mass is 9.92. The minimum Gasteiger partial charge on any atom is -0.310 e. The highest BCUT2D eigenvalue weighted by Gasteiger charge is 2.18. The van der Waals surface area contributed by atoms with E-state index in [1.165, 1.54) is 88.0 Å². The topological polar surface area (TPSA) is 3.24 Å². The Morgan fingerprint density at radius 1 is 0.197 bits per heavy atom. The first-order valence-corrected chi connectivity index (χ1v) is 21.0. The SMILES string of the molecule is c1ccc(-c2ccc(N(c3cccc(-c4cc5ccccc5c5ccccc45)c3)c3ccc(-c4ccc(-c5ccc6ccccc6c5)cc4)c(-c4ccccc4)c3)cc2)cc1. The van der Waals surface area contributed by atoms with Crippen LogP contribution in [0.25, 0.3) is 88.0 Å². The summed E-state index contributed by atoms with van der Waals surface area (Å²) in [7, 11) is 0. The Bertz CT molecular complexity index is 3330. The smallest absolute Gasteiger partial charge is 0.0468 e. The number of hydrogen-bond acceptors (Lipinski definition) is 1. The molecule has 0 amide bonds. The fraction of sp³-hybridized carbons (Fsp3) is 0. The summed E-state index contributed by atoms with van der Waals surface area (Å²) in [6.07, 6.45) is 0. The lowest BCUT2D eigenvalue weighted by Crippen LogP contribution is -2.10. The van der Waals surface area contributed by atoms with E-state index in [2.05, 4.69) is 254 Å². The Balaban J connectivity index is 1.05. The quantitative estimate of drug-likeness (QED) is 0.139. The summed E-state index contributed by atoms with van der Waals surface area (Å²) in [6.45, 7) is 0. The first kappa shape index (κ1) is 36.1. The highest BCUT2D eigenvalue weighted by Crippen LogP contribution is 2.43. The first-order chi connectivity index (χ1) is 30.2. The van der Waals surface area contributed by atoms with Crippen LogP contribution in [-0.2, 0) is 0 Å². The minimum absolute atomic E-state index is 1.09. The molecule has 0 radical (unpaired) electrons. The molecule has 1 nitrogen and oxygen atoms in total. The normalized spacial score (nSPS) is 11.3. The maximum absolute atomic E-state index is 2.40. The van der Waals surface area contributed by atoms with Crippen LogP contribution in [0.5, 0.6) is 0 Å². The van der Waals surface area contributed by atoms with E-state index in [9.17, 15) is 0 Å². The number of benzene rings is 11. The van der Waals surface area contributed by atoms with Crippen LogP contribution < -0.4 is 4.90 Å². The van der Waals surface area contributed by atoms with Gasteiger partial charge in [0.1, 0.15) is 0 Å². The number of fused-ring (bicyclic) bond motifs is 4. The molecular formula is C60H41N. The van der Waals surface area contributed by atoms with Gasteiger partial charge < -0.3 is 4.90 Å². The second-order valence-electron chi connectivity index (χ2n) is 15.7.